The van der Waals surface area contributed by atoms with Crippen molar-refractivity contribution in [3.8, 4) is 17.2 Å². The number of rotatable bonds is 7. The molecule has 1 heterocycles. The minimum Gasteiger partial charge on any atom is -0.497 e. The first-order chi connectivity index (χ1) is 16.2. The number of halogens is 1. The van der Waals surface area contributed by atoms with Gasteiger partial charge in [0, 0.05) is 42.8 Å². The predicted octanol–water partition coefficient (Wildman–Crippen LogP) is 2.35. The molecule has 10 nitrogen and oxygen atoms in total. The Bertz CT molecular complexity index is 963. The minimum absolute atomic E-state index is 0.00973. The van der Waals surface area contributed by atoms with Crippen molar-refractivity contribution in [3.05, 3.63) is 52.5 Å². The Morgan fingerprint density at radius 3 is 2.00 bits per heavy atom. The fourth-order valence-corrected chi connectivity index (χ4v) is 3.58. The van der Waals surface area contributed by atoms with Crippen LogP contribution < -0.4 is 14.2 Å². The van der Waals surface area contributed by atoms with Gasteiger partial charge in [-0.15, -0.1) is 0 Å². The van der Waals surface area contributed by atoms with Crippen LogP contribution in [0.15, 0.2) is 46.9 Å². The van der Waals surface area contributed by atoms with E-state index >= 15 is 0 Å². The summed E-state index contributed by atoms with van der Waals surface area (Å²) in [7, 11) is 3.30. The average Bonchev–Trinajstić information content (AvgIpc) is 2.84. The molecule has 1 saturated heterocycles. The molecule has 2 aromatic rings. The molecule has 0 saturated carbocycles. The molecule has 1 amide bonds. The standard InChI is InChI=1S/C21H25BrN2O4.C2H2O4/c1-26-18-4-6-19(7-5-18)28-15-21(25)24-11-9-23(10-12-24)14-16-13-17(22)3-8-20(16)27-2;3-1(4)2(5)6/h3-8,13H,9-12,14-15H2,1-2H3;(H,3,4)(H,5,6). The molecule has 0 unspecified atom stereocenters. The number of carboxylic acids is 2. The van der Waals surface area contributed by atoms with Crippen molar-refractivity contribution < 1.29 is 38.8 Å². The van der Waals surface area contributed by atoms with E-state index in [1.807, 2.05) is 29.2 Å². The number of benzene rings is 2. The molecule has 11 heteroatoms. The number of aliphatic carboxylic acids is 2. The third kappa shape index (κ3) is 8.56. The van der Waals surface area contributed by atoms with Gasteiger partial charge in [0.2, 0.25) is 0 Å². The molecule has 0 aliphatic carbocycles. The summed E-state index contributed by atoms with van der Waals surface area (Å²) in [4.78, 5) is 34.8. The SMILES string of the molecule is COc1ccc(OCC(=O)N2CCN(Cc3cc(Br)ccc3OC)CC2)cc1.O=C(O)C(=O)O. The third-order valence-electron chi connectivity index (χ3n) is 4.97. The molecule has 2 aromatic carbocycles. The highest BCUT2D eigenvalue weighted by Gasteiger charge is 2.22. The second-order valence-corrected chi connectivity index (χ2v) is 8.10. The quantitative estimate of drug-likeness (QED) is 0.510. The molecular weight excluding hydrogens is 512 g/mol. The van der Waals surface area contributed by atoms with Gasteiger partial charge < -0.3 is 29.3 Å². The fourth-order valence-electron chi connectivity index (χ4n) is 3.18. The van der Waals surface area contributed by atoms with Gasteiger partial charge in [-0.25, -0.2) is 9.59 Å². The zero-order valence-corrected chi connectivity index (χ0v) is 20.5. The highest BCUT2D eigenvalue weighted by molar-refractivity contribution is 9.10. The van der Waals surface area contributed by atoms with E-state index < -0.39 is 11.9 Å². The number of amides is 1. The van der Waals surface area contributed by atoms with Gasteiger partial charge in [-0.1, -0.05) is 15.9 Å². The summed E-state index contributed by atoms with van der Waals surface area (Å²) in [6, 6.07) is 13.3. The summed E-state index contributed by atoms with van der Waals surface area (Å²) in [6.45, 7) is 3.88. The Morgan fingerprint density at radius 2 is 1.47 bits per heavy atom. The first kappa shape index (κ1) is 26.9. The van der Waals surface area contributed by atoms with Crippen LogP contribution in [0, 0.1) is 0 Å². The highest BCUT2D eigenvalue weighted by Crippen LogP contribution is 2.25. The second-order valence-electron chi connectivity index (χ2n) is 7.19. The van der Waals surface area contributed by atoms with E-state index in [4.69, 9.17) is 34.0 Å². The maximum atomic E-state index is 12.4. The van der Waals surface area contributed by atoms with Crippen LogP contribution >= 0.6 is 15.9 Å². The van der Waals surface area contributed by atoms with Crippen LogP contribution in [-0.4, -0.2) is 84.9 Å². The summed E-state index contributed by atoms with van der Waals surface area (Å²) >= 11 is 3.52. The van der Waals surface area contributed by atoms with Crippen molar-refractivity contribution >= 4 is 33.8 Å². The van der Waals surface area contributed by atoms with Gasteiger partial charge in [-0.05, 0) is 42.5 Å². The largest absolute Gasteiger partial charge is 0.497 e. The van der Waals surface area contributed by atoms with Crippen molar-refractivity contribution in [2.24, 2.45) is 0 Å². The van der Waals surface area contributed by atoms with Gasteiger partial charge in [0.05, 0.1) is 14.2 Å². The lowest BCUT2D eigenvalue weighted by atomic mass is 10.1. The predicted molar refractivity (Wildman–Crippen MR) is 126 cm³/mol. The Hall–Kier alpha value is -3.31. The van der Waals surface area contributed by atoms with Gasteiger partial charge in [0.15, 0.2) is 6.61 Å². The molecule has 0 bridgehead atoms. The van der Waals surface area contributed by atoms with Gasteiger partial charge in [-0.3, -0.25) is 9.69 Å². The molecule has 1 aliphatic heterocycles. The van der Waals surface area contributed by atoms with Crippen LogP contribution in [0.5, 0.6) is 17.2 Å². The summed E-state index contributed by atoms with van der Waals surface area (Å²) in [6.07, 6.45) is 0. The molecule has 0 spiro atoms. The van der Waals surface area contributed by atoms with Gasteiger partial charge >= 0.3 is 11.9 Å². The number of carbonyl (C=O) groups is 3. The van der Waals surface area contributed by atoms with Gasteiger partial charge in [-0.2, -0.15) is 0 Å². The van der Waals surface area contributed by atoms with E-state index in [2.05, 4.69) is 26.9 Å². The van der Waals surface area contributed by atoms with Crippen molar-refractivity contribution in [1.82, 2.24) is 9.80 Å². The van der Waals surface area contributed by atoms with Crippen molar-refractivity contribution in [2.75, 3.05) is 47.0 Å². The summed E-state index contributed by atoms with van der Waals surface area (Å²) < 4.78 is 17.2. The molecule has 1 aliphatic rings. The minimum atomic E-state index is -1.82. The van der Waals surface area contributed by atoms with Crippen LogP contribution in [0.2, 0.25) is 0 Å². The number of piperazine rings is 1. The molecule has 0 aromatic heterocycles. The normalized spacial score (nSPS) is 13.3. The molecule has 0 radical (unpaired) electrons. The zero-order chi connectivity index (χ0) is 25.1. The second kappa shape index (κ2) is 13.4. The first-order valence-corrected chi connectivity index (χ1v) is 11.1. The van der Waals surface area contributed by atoms with Crippen LogP contribution in [0.4, 0.5) is 0 Å². The Balaban J connectivity index is 0.000000604. The zero-order valence-electron chi connectivity index (χ0n) is 18.9. The average molecular weight is 539 g/mol. The monoisotopic (exact) mass is 538 g/mol. The number of nitrogens with zero attached hydrogens (tertiary/aromatic N) is 2. The number of hydrogen-bond acceptors (Lipinski definition) is 7. The summed E-state index contributed by atoms with van der Waals surface area (Å²) in [5.74, 6) is -1.33. The van der Waals surface area contributed by atoms with Crippen molar-refractivity contribution in [3.63, 3.8) is 0 Å². The Morgan fingerprint density at radius 1 is 0.882 bits per heavy atom. The van der Waals surface area contributed by atoms with E-state index in [9.17, 15) is 4.79 Å². The molecule has 2 N–H and O–H groups in total. The molecule has 34 heavy (non-hydrogen) atoms. The van der Waals surface area contributed by atoms with E-state index in [1.165, 1.54) is 0 Å². The highest BCUT2D eigenvalue weighted by atomic mass is 79.9. The van der Waals surface area contributed by atoms with Crippen molar-refractivity contribution in [2.45, 2.75) is 6.54 Å². The van der Waals surface area contributed by atoms with Crippen LogP contribution in [0.25, 0.3) is 0 Å². The fraction of sp³-hybridized carbons (Fsp3) is 0.348. The molecule has 1 fully saturated rings. The van der Waals surface area contributed by atoms with Crippen LogP contribution in [0.1, 0.15) is 5.56 Å². The van der Waals surface area contributed by atoms with E-state index in [1.54, 1.807) is 26.4 Å². The van der Waals surface area contributed by atoms with E-state index in [0.29, 0.717) is 18.8 Å². The van der Waals surface area contributed by atoms with E-state index in [0.717, 1.165) is 41.2 Å². The third-order valence-corrected chi connectivity index (χ3v) is 5.46. The molecular formula is C23H27BrN2O8. The maximum absolute atomic E-state index is 12.4. The lowest BCUT2D eigenvalue weighted by Crippen LogP contribution is -2.49. The summed E-state index contributed by atoms with van der Waals surface area (Å²) in [5.41, 5.74) is 1.14. The Kier molecular flexibility index (Phi) is 10.6. The van der Waals surface area contributed by atoms with Gasteiger partial charge in [0.1, 0.15) is 17.2 Å². The number of hydrogen-bond donors (Lipinski definition) is 2. The topological polar surface area (TPSA) is 126 Å². The number of carbonyl (C=O) groups excluding carboxylic acids is 1. The van der Waals surface area contributed by atoms with Crippen LogP contribution in [0.3, 0.4) is 0 Å². The Labute approximate surface area is 205 Å². The van der Waals surface area contributed by atoms with Gasteiger partial charge in [0.25, 0.3) is 5.91 Å². The lowest BCUT2D eigenvalue weighted by Gasteiger charge is -2.35. The van der Waals surface area contributed by atoms with E-state index in [-0.39, 0.29) is 12.5 Å². The number of methoxy groups -OCH3 is 2. The van der Waals surface area contributed by atoms with Crippen LogP contribution in [-0.2, 0) is 20.9 Å². The first-order valence-electron chi connectivity index (χ1n) is 10.3. The number of ether oxygens (including phenoxy) is 3. The molecule has 3 rings (SSSR count). The molecule has 0 atom stereocenters. The molecule has 184 valence electrons. The number of carboxylic acid groups (broad SMARTS) is 2. The lowest BCUT2D eigenvalue weighted by molar-refractivity contribution is -0.159. The van der Waals surface area contributed by atoms with Crippen molar-refractivity contribution in [1.29, 1.82) is 0 Å². The smallest absolute Gasteiger partial charge is 0.414 e. The maximum Gasteiger partial charge on any atom is 0.414 e. The summed E-state index contributed by atoms with van der Waals surface area (Å²) in [5, 5.41) is 14.8.